The SMILES string of the molecule is COc1c(Br)cccc1N1CCC(OC)CC1. The summed E-state index contributed by atoms with van der Waals surface area (Å²) in [5.41, 5.74) is 1.16. The van der Waals surface area contributed by atoms with Crippen LogP contribution in [0.4, 0.5) is 5.69 Å². The lowest BCUT2D eigenvalue weighted by molar-refractivity contribution is 0.0818. The van der Waals surface area contributed by atoms with Crippen molar-refractivity contribution < 1.29 is 9.47 Å². The van der Waals surface area contributed by atoms with E-state index in [9.17, 15) is 0 Å². The molecule has 4 heteroatoms. The summed E-state index contributed by atoms with van der Waals surface area (Å²) in [6, 6.07) is 6.16. The maximum absolute atomic E-state index is 5.46. The van der Waals surface area contributed by atoms with Gasteiger partial charge in [0.15, 0.2) is 5.75 Å². The molecule has 1 aromatic carbocycles. The number of hydrogen-bond acceptors (Lipinski definition) is 3. The van der Waals surface area contributed by atoms with Gasteiger partial charge in [0.1, 0.15) is 0 Å². The third-order valence-corrected chi connectivity index (χ3v) is 3.89. The fraction of sp³-hybridized carbons (Fsp3) is 0.538. The van der Waals surface area contributed by atoms with Gasteiger partial charge in [-0.2, -0.15) is 0 Å². The normalized spacial score (nSPS) is 17.2. The number of para-hydroxylation sites is 1. The fourth-order valence-corrected chi connectivity index (χ4v) is 2.80. The van der Waals surface area contributed by atoms with Crippen LogP contribution < -0.4 is 9.64 Å². The molecule has 0 aliphatic carbocycles. The Morgan fingerprint density at radius 1 is 1.24 bits per heavy atom. The van der Waals surface area contributed by atoms with E-state index in [4.69, 9.17) is 9.47 Å². The van der Waals surface area contributed by atoms with Gasteiger partial charge >= 0.3 is 0 Å². The topological polar surface area (TPSA) is 21.7 Å². The van der Waals surface area contributed by atoms with Gasteiger partial charge in [0, 0.05) is 20.2 Å². The third-order valence-electron chi connectivity index (χ3n) is 3.27. The molecule has 0 N–H and O–H groups in total. The minimum Gasteiger partial charge on any atom is -0.493 e. The highest BCUT2D eigenvalue weighted by atomic mass is 79.9. The number of hydrogen-bond donors (Lipinski definition) is 0. The lowest BCUT2D eigenvalue weighted by atomic mass is 10.1. The summed E-state index contributed by atoms with van der Waals surface area (Å²) in [7, 11) is 3.51. The van der Waals surface area contributed by atoms with Crippen LogP contribution in [-0.4, -0.2) is 33.4 Å². The maximum atomic E-state index is 5.46. The Kier molecular flexibility index (Phi) is 4.29. The molecule has 0 spiro atoms. The van der Waals surface area contributed by atoms with Gasteiger partial charge in [0.2, 0.25) is 0 Å². The number of rotatable bonds is 3. The minimum absolute atomic E-state index is 0.407. The number of benzene rings is 1. The molecular weight excluding hydrogens is 282 g/mol. The second-order valence-corrected chi connectivity index (χ2v) is 5.07. The lowest BCUT2D eigenvalue weighted by Crippen LogP contribution is -2.36. The van der Waals surface area contributed by atoms with Crippen LogP contribution in [0.2, 0.25) is 0 Å². The van der Waals surface area contributed by atoms with Crippen molar-refractivity contribution in [3.8, 4) is 5.75 Å². The number of methoxy groups -OCH3 is 2. The standard InChI is InChI=1S/C13H18BrNO2/c1-16-10-6-8-15(9-7-10)12-5-3-4-11(14)13(12)17-2/h3-5,10H,6-9H2,1-2H3. The number of halogens is 1. The molecule has 2 rings (SSSR count). The zero-order chi connectivity index (χ0) is 12.3. The molecule has 0 amide bonds. The number of piperidine rings is 1. The maximum Gasteiger partial charge on any atom is 0.156 e. The Balaban J connectivity index is 2.15. The average molecular weight is 300 g/mol. The van der Waals surface area contributed by atoms with Gasteiger partial charge in [-0.05, 0) is 40.9 Å². The van der Waals surface area contributed by atoms with Crippen molar-refractivity contribution in [3.63, 3.8) is 0 Å². The van der Waals surface area contributed by atoms with Crippen LogP contribution >= 0.6 is 15.9 Å². The Labute approximate surface area is 111 Å². The predicted octanol–water partition coefficient (Wildman–Crippen LogP) is 3.07. The van der Waals surface area contributed by atoms with Gasteiger partial charge < -0.3 is 14.4 Å². The second-order valence-electron chi connectivity index (χ2n) is 4.21. The van der Waals surface area contributed by atoms with Crippen molar-refractivity contribution in [2.75, 3.05) is 32.2 Å². The van der Waals surface area contributed by atoms with Crippen molar-refractivity contribution in [1.29, 1.82) is 0 Å². The first kappa shape index (κ1) is 12.7. The molecule has 1 aromatic rings. The van der Waals surface area contributed by atoms with Crippen LogP contribution in [0.1, 0.15) is 12.8 Å². The van der Waals surface area contributed by atoms with Crippen molar-refractivity contribution in [2.24, 2.45) is 0 Å². The van der Waals surface area contributed by atoms with Gasteiger partial charge in [0.05, 0.1) is 23.4 Å². The molecule has 1 fully saturated rings. The second kappa shape index (κ2) is 5.74. The zero-order valence-electron chi connectivity index (χ0n) is 10.3. The summed E-state index contributed by atoms with van der Waals surface area (Å²) in [5.74, 6) is 0.920. The molecule has 0 bridgehead atoms. The molecule has 0 radical (unpaired) electrons. The van der Waals surface area contributed by atoms with Gasteiger partial charge in [-0.1, -0.05) is 6.07 Å². The number of ether oxygens (including phenoxy) is 2. The fourth-order valence-electron chi connectivity index (χ4n) is 2.28. The Bertz CT molecular complexity index is 376. The van der Waals surface area contributed by atoms with E-state index < -0.39 is 0 Å². The molecule has 0 atom stereocenters. The Hall–Kier alpha value is -0.740. The zero-order valence-corrected chi connectivity index (χ0v) is 11.9. The molecule has 0 aromatic heterocycles. The van der Waals surface area contributed by atoms with Gasteiger partial charge in [-0.3, -0.25) is 0 Å². The van der Waals surface area contributed by atoms with Crippen LogP contribution in [0.5, 0.6) is 5.75 Å². The highest BCUT2D eigenvalue weighted by Crippen LogP contribution is 2.36. The van der Waals surface area contributed by atoms with Crippen LogP contribution in [-0.2, 0) is 4.74 Å². The lowest BCUT2D eigenvalue weighted by Gasteiger charge is -2.33. The van der Waals surface area contributed by atoms with Crippen LogP contribution in [0.15, 0.2) is 22.7 Å². The molecule has 1 aliphatic rings. The average Bonchev–Trinajstić information content (AvgIpc) is 2.38. The van der Waals surface area contributed by atoms with Crippen molar-refractivity contribution in [3.05, 3.63) is 22.7 Å². The summed E-state index contributed by atoms with van der Waals surface area (Å²) in [6.07, 6.45) is 2.56. The molecule has 1 aliphatic heterocycles. The van der Waals surface area contributed by atoms with Crippen LogP contribution in [0, 0.1) is 0 Å². The van der Waals surface area contributed by atoms with E-state index in [1.54, 1.807) is 14.2 Å². The van der Waals surface area contributed by atoms with E-state index in [1.807, 2.05) is 12.1 Å². The predicted molar refractivity (Wildman–Crippen MR) is 72.9 cm³/mol. The van der Waals surface area contributed by atoms with Crippen LogP contribution in [0.25, 0.3) is 0 Å². The minimum atomic E-state index is 0.407. The molecular formula is C13H18BrNO2. The first-order chi connectivity index (χ1) is 8.26. The highest BCUT2D eigenvalue weighted by Gasteiger charge is 2.21. The largest absolute Gasteiger partial charge is 0.493 e. The quantitative estimate of drug-likeness (QED) is 0.856. The van der Waals surface area contributed by atoms with Crippen molar-refractivity contribution >= 4 is 21.6 Å². The van der Waals surface area contributed by atoms with E-state index in [1.165, 1.54) is 0 Å². The molecule has 3 nitrogen and oxygen atoms in total. The first-order valence-corrected chi connectivity index (χ1v) is 6.65. The van der Waals surface area contributed by atoms with Gasteiger partial charge in [-0.15, -0.1) is 0 Å². The van der Waals surface area contributed by atoms with E-state index in [0.717, 1.165) is 41.8 Å². The molecule has 0 saturated carbocycles. The summed E-state index contributed by atoms with van der Waals surface area (Å²) < 4.78 is 11.9. The molecule has 94 valence electrons. The van der Waals surface area contributed by atoms with Gasteiger partial charge in [0.25, 0.3) is 0 Å². The summed E-state index contributed by atoms with van der Waals surface area (Å²) in [5, 5.41) is 0. The molecule has 1 saturated heterocycles. The van der Waals surface area contributed by atoms with E-state index in [0.29, 0.717) is 6.10 Å². The van der Waals surface area contributed by atoms with Crippen molar-refractivity contribution in [2.45, 2.75) is 18.9 Å². The van der Waals surface area contributed by atoms with Crippen molar-refractivity contribution in [1.82, 2.24) is 0 Å². The Morgan fingerprint density at radius 2 is 1.94 bits per heavy atom. The number of nitrogens with zero attached hydrogens (tertiary/aromatic N) is 1. The van der Waals surface area contributed by atoms with Crippen LogP contribution in [0.3, 0.4) is 0 Å². The van der Waals surface area contributed by atoms with E-state index in [-0.39, 0.29) is 0 Å². The number of anilines is 1. The van der Waals surface area contributed by atoms with Gasteiger partial charge in [-0.25, -0.2) is 0 Å². The highest BCUT2D eigenvalue weighted by molar-refractivity contribution is 9.10. The Morgan fingerprint density at radius 3 is 2.53 bits per heavy atom. The third kappa shape index (κ3) is 2.75. The molecule has 1 heterocycles. The summed E-state index contributed by atoms with van der Waals surface area (Å²) in [4.78, 5) is 2.36. The van der Waals surface area contributed by atoms with E-state index >= 15 is 0 Å². The summed E-state index contributed by atoms with van der Waals surface area (Å²) >= 11 is 3.52. The molecule has 0 unspecified atom stereocenters. The monoisotopic (exact) mass is 299 g/mol. The first-order valence-electron chi connectivity index (χ1n) is 5.86. The van der Waals surface area contributed by atoms with E-state index in [2.05, 4.69) is 26.9 Å². The smallest absolute Gasteiger partial charge is 0.156 e. The molecule has 17 heavy (non-hydrogen) atoms. The summed E-state index contributed by atoms with van der Waals surface area (Å²) in [6.45, 7) is 2.04.